The molecule has 0 radical (unpaired) electrons. The molecule has 0 aliphatic heterocycles. The van der Waals surface area contributed by atoms with E-state index in [1.165, 1.54) is 32.1 Å². The predicted octanol–water partition coefficient (Wildman–Crippen LogP) is 7.33. The fourth-order valence-corrected chi connectivity index (χ4v) is 0. The lowest BCUT2D eigenvalue weighted by molar-refractivity contribution is 0.626. The highest BCUT2D eigenvalue weighted by Gasteiger charge is 1.95. The van der Waals surface area contributed by atoms with Gasteiger partial charge in [0.25, 0.3) is 0 Å². The van der Waals surface area contributed by atoms with E-state index in [-0.39, 0.29) is 0 Å². The molecule has 0 saturated heterocycles. The van der Waals surface area contributed by atoms with Crippen molar-refractivity contribution in [1.29, 1.82) is 0 Å². The average molecular weight is 247 g/mol. The molecule has 1 aliphatic rings. The minimum atomic E-state index is 0.833. The van der Waals surface area contributed by atoms with Crippen LogP contribution in [0.1, 0.15) is 101 Å². The number of hydrogen-bond donors (Lipinski definition) is 0. The average Bonchev–Trinajstić information content (AvgIpc) is 3.08. The van der Waals surface area contributed by atoms with Gasteiger partial charge in [0.05, 0.1) is 0 Å². The Kier molecular flexibility index (Phi) is 45.1. The molecule has 1 rings (SSSR count). The smallest absolute Gasteiger partial charge is 0.0474 e. The summed E-state index contributed by atoms with van der Waals surface area (Å²) in [4.78, 5) is 0. The van der Waals surface area contributed by atoms with Gasteiger partial charge in [-0.1, -0.05) is 101 Å². The van der Waals surface area contributed by atoms with Crippen LogP contribution in [0.25, 0.3) is 0 Å². The second-order valence-corrected chi connectivity index (χ2v) is 5.30. The molecule has 1 aliphatic carbocycles. The third kappa shape index (κ3) is 348. The lowest BCUT2D eigenvalue weighted by atomic mass is 10.2. The van der Waals surface area contributed by atoms with Gasteiger partial charge in [0.2, 0.25) is 0 Å². The van der Waals surface area contributed by atoms with Crippen LogP contribution in [0.15, 0.2) is 0 Å². The van der Waals surface area contributed by atoms with E-state index >= 15 is 0 Å². The largest absolute Gasteiger partial charge is 0.0683 e. The van der Waals surface area contributed by atoms with Gasteiger partial charge in [-0.25, -0.2) is 0 Å². The minimum absolute atomic E-state index is 0.833. The summed E-state index contributed by atoms with van der Waals surface area (Å²) in [7, 11) is 0. The fraction of sp³-hybridized carbons (Fsp3) is 1.00. The first-order chi connectivity index (χ1) is 7.92. The Hall–Kier alpha value is 0. The van der Waals surface area contributed by atoms with Crippen molar-refractivity contribution in [2.75, 3.05) is 0 Å². The first kappa shape index (κ1) is 25.8. The van der Waals surface area contributed by atoms with Crippen LogP contribution in [0.3, 0.4) is 0 Å². The number of hydrogen-bond acceptors (Lipinski definition) is 0. The van der Waals surface area contributed by atoms with Crippen molar-refractivity contribution >= 4 is 0 Å². The van der Waals surface area contributed by atoms with Crippen LogP contribution in [-0.2, 0) is 0 Å². The molecular weight excluding hydrogens is 204 g/mol. The lowest BCUT2D eigenvalue weighted by Gasteiger charge is -1.90. The molecule has 0 aromatic rings. The quantitative estimate of drug-likeness (QED) is 0.454. The van der Waals surface area contributed by atoms with E-state index in [1.54, 1.807) is 0 Å². The number of rotatable bonds is 1. The van der Waals surface area contributed by atoms with Gasteiger partial charge in [-0.05, 0) is 11.8 Å². The Balaban J connectivity index is -0.0000000642. The highest BCUT2D eigenvalue weighted by Crippen LogP contribution is 2.14. The van der Waals surface area contributed by atoms with Gasteiger partial charge < -0.3 is 0 Å². The van der Waals surface area contributed by atoms with Crippen LogP contribution in [0.2, 0.25) is 0 Å². The molecule has 17 heavy (non-hydrogen) atoms. The lowest BCUT2D eigenvalue weighted by Crippen LogP contribution is -1.77. The van der Waals surface area contributed by atoms with E-state index in [2.05, 4.69) is 55.4 Å². The van der Waals surface area contributed by atoms with Crippen LogP contribution in [-0.4, -0.2) is 0 Å². The topological polar surface area (TPSA) is 0 Å². The molecule has 0 spiro atoms. The van der Waals surface area contributed by atoms with Gasteiger partial charge in [-0.2, -0.15) is 0 Å². The van der Waals surface area contributed by atoms with Crippen LogP contribution >= 0.6 is 0 Å². The summed E-state index contributed by atoms with van der Waals surface area (Å²) in [6.45, 7) is 21.4. The van der Waals surface area contributed by atoms with Crippen molar-refractivity contribution in [2.45, 2.75) is 101 Å². The van der Waals surface area contributed by atoms with Gasteiger partial charge in [-0.15, -0.1) is 0 Å². The zero-order chi connectivity index (χ0) is 14.7. The summed E-state index contributed by atoms with van der Waals surface area (Å²) in [5.74, 6) is 1.72. The maximum atomic E-state index is 2.22. The van der Waals surface area contributed by atoms with E-state index in [0.717, 1.165) is 11.8 Å². The molecule has 0 bridgehead atoms. The van der Waals surface area contributed by atoms with E-state index < -0.39 is 0 Å². The molecule has 0 N–H and O–H groups in total. The molecule has 0 aromatic heterocycles. The molecule has 110 valence electrons. The first-order valence-corrected chi connectivity index (χ1v) is 7.92. The maximum Gasteiger partial charge on any atom is -0.0474 e. The second-order valence-electron chi connectivity index (χ2n) is 5.30. The highest BCUT2D eigenvalue weighted by molar-refractivity contribution is 4.50. The monoisotopic (exact) mass is 246 g/mol. The van der Waals surface area contributed by atoms with Crippen molar-refractivity contribution in [3.05, 3.63) is 0 Å². The van der Waals surface area contributed by atoms with Gasteiger partial charge in [0, 0.05) is 0 Å². The Labute approximate surface area is 114 Å². The summed E-state index contributed by atoms with van der Waals surface area (Å²) < 4.78 is 0. The minimum Gasteiger partial charge on any atom is -0.0683 e. The van der Waals surface area contributed by atoms with Gasteiger partial charge in [0.1, 0.15) is 0 Å². The van der Waals surface area contributed by atoms with E-state index in [0.29, 0.717) is 0 Å². The Morgan fingerprint density at radius 1 is 0.706 bits per heavy atom. The standard InChI is InChI=1S/C5H12.C4H10.C3H6.C3H8.C2H6/c1-4-5(2)3;1-4(2)3;1-2-3-1;1-3-2;1-2/h5H,4H2,1-3H3;4H,1-3H3;1-3H2;3H2,1-2H3;1-2H3. The van der Waals surface area contributed by atoms with E-state index in [9.17, 15) is 0 Å². The molecule has 0 heterocycles. The Bertz CT molecular complexity index is 64.6. The van der Waals surface area contributed by atoms with Gasteiger partial charge in [0.15, 0.2) is 0 Å². The summed E-state index contributed by atoms with van der Waals surface area (Å²) in [5, 5.41) is 0. The van der Waals surface area contributed by atoms with Crippen molar-refractivity contribution < 1.29 is 0 Å². The summed E-state index contributed by atoms with van der Waals surface area (Å²) >= 11 is 0. The predicted molar refractivity (Wildman–Crippen MR) is 86.8 cm³/mol. The summed E-state index contributed by atoms with van der Waals surface area (Å²) in [6, 6.07) is 0. The van der Waals surface area contributed by atoms with Crippen LogP contribution in [0, 0.1) is 11.8 Å². The van der Waals surface area contributed by atoms with Crippen LogP contribution in [0.5, 0.6) is 0 Å². The summed E-state index contributed by atoms with van der Waals surface area (Å²) in [5.41, 5.74) is 0. The second kappa shape index (κ2) is 29.8. The maximum absolute atomic E-state index is 2.22. The van der Waals surface area contributed by atoms with Gasteiger partial charge in [-0.3, -0.25) is 0 Å². The van der Waals surface area contributed by atoms with Gasteiger partial charge >= 0.3 is 0 Å². The van der Waals surface area contributed by atoms with Crippen molar-refractivity contribution in [1.82, 2.24) is 0 Å². The molecule has 0 heteroatoms. The molecular formula is C17H42. The van der Waals surface area contributed by atoms with Crippen molar-refractivity contribution in [3.8, 4) is 0 Å². The highest BCUT2D eigenvalue weighted by atomic mass is 14.0. The third-order valence-electron chi connectivity index (χ3n) is 1.17. The zero-order valence-corrected chi connectivity index (χ0v) is 14.7. The first-order valence-electron chi connectivity index (χ1n) is 7.92. The molecule has 1 saturated carbocycles. The normalized spacial score (nSPS) is 10.6. The molecule has 0 amide bonds. The molecule has 0 unspecified atom stereocenters. The van der Waals surface area contributed by atoms with E-state index in [4.69, 9.17) is 0 Å². The SMILES string of the molecule is C1CC1.CC.CC(C)C.CCC.CCC(C)C. The van der Waals surface area contributed by atoms with Crippen LogP contribution < -0.4 is 0 Å². The van der Waals surface area contributed by atoms with Crippen molar-refractivity contribution in [2.24, 2.45) is 11.8 Å². The third-order valence-corrected chi connectivity index (χ3v) is 1.17. The molecule has 0 nitrogen and oxygen atoms in total. The molecule has 0 atom stereocenters. The Morgan fingerprint density at radius 3 is 0.824 bits per heavy atom. The molecule has 0 aromatic carbocycles. The molecule has 1 fully saturated rings. The van der Waals surface area contributed by atoms with Crippen LogP contribution in [0.4, 0.5) is 0 Å². The Morgan fingerprint density at radius 2 is 0.824 bits per heavy atom. The van der Waals surface area contributed by atoms with E-state index in [1.807, 2.05) is 13.8 Å². The zero-order valence-electron chi connectivity index (χ0n) is 14.7. The fourth-order valence-electron chi connectivity index (χ4n) is 0. The summed E-state index contributed by atoms with van der Waals surface area (Å²) in [6.07, 6.45) is 7.06. The van der Waals surface area contributed by atoms with Crippen molar-refractivity contribution in [3.63, 3.8) is 0 Å².